The Morgan fingerprint density at radius 2 is 1.80 bits per heavy atom. The van der Waals surface area contributed by atoms with Crippen LogP contribution in [0.25, 0.3) is 11.1 Å². The van der Waals surface area contributed by atoms with Crippen LogP contribution in [0.5, 0.6) is 5.75 Å². The third-order valence-electron chi connectivity index (χ3n) is 3.46. The lowest BCUT2D eigenvalue weighted by Crippen LogP contribution is -2.14. The zero-order valence-corrected chi connectivity index (χ0v) is 14.8. The minimum absolute atomic E-state index is 0.00594. The van der Waals surface area contributed by atoms with Crippen LogP contribution >= 0.6 is 0 Å². The second-order valence-corrected chi connectivity index (χ2v) is 7.30. The van der Waals surface area contributed by atoms with E-state index in [0.29, 0.717) is 29.4 Å². The molecule has 132 valence electrons. The Morgan fingerprint density at radius 1 is 1.08 bits per heavy atom. The van der Waals surface area contributed by atoms with Crippen LogP contribution in [0, 0.1) is 0 Å². The van der Waals surface area contributed by atoms with E-state index in [-0.39, 0.29) is 5.75 Å². The van der Waals surface area contributed by atoms with E-state index in [1.54, 1.807) is 25.1 Å². The van der Waals surface area contributed by atoms with Gasteiger partial charge in [0.1, 0.15) is 11.3 Å². The van der Waals surface area contributed by atoms with Gasteiger partial charge in [-0.25, -0.2) is 8.42 Å². The molecule has 8 heteroatoms. The van der Waals surface area contributed by atoms with Crippen LogP contribution in [0.2, 0.25) is 0 Å². The first-order valence-corrected chi connectivity index (χ1v) is 9.55. The third kappa shape index (κ3) is 4.21. The number of anilines is 3. The second-order valence-electron chi connectivity index (χ2n) is 5.29. The van der Waals surface area contributed by atoms with Crippen LogP contribution in [-0.2, 0) is 10.0 Å². The zero-order valence-electron chi connectivity index (χ0n) is 13.9. The molecule has 0 radical (unpaired) electrons. The number of aromatic nitrogens is 1. The van der Waals surface area contributed by atoms with Gasteiger partial charge in [-0.05, 0) is 50.2 Å². The van der Waals surface area contributed by atoms with Crippen molar-refractivity contribution in [3.63, 3.8) is 0 Å². The minimum atomic E-state index is -3.33. The van der Waals surface area contributed by atoms with Crippen molar-refractivity contribution in [2.75, 3.05) is 22.4 Å². The topological polar surface area (TPSA) is 93.5 Å². The van der Waals surface area contributed by atoms with Gasteiger partial charge in [0.2, 0.25) is 10.0 Å². The molecule has 25 heavy (non-hydrogen) atoms. The summed E-state index contributed by atoms with van der Waals surface area (Å²) >= 11 is 0. The molecule has 2 N–H and O–H groups in total. The van der Waals surface area contributed by atoms with E-state index < -0.39 is 10.0 Å². The van der Waals surface area contributed by atoms with Gasteiger partial charge in [-0.3, -0.25) is 4.72 Å². The number of sulfonamides is 1. The smallest absolute Gasteiger partial charge is 0.300 e. The first-order chi connectivity index (χ1) is 12.0. The molecule has 0 spiro atoms. The maximum atomic E-state index is 11.6. The number of fused-ring (bicyclic) bond motifs is 1. The number of rotatable bonds is 7. The first kappa shape index (κ1) is 17.1. The Hall–Kier alpha value is -2.74. The Bertz CT molecular complexity index is 965. The molecule has 2 aromatic carbocycles. The Labute approximate surface area is 146 Å². The fourth-order valence-electron chi connectivity index (χ4n) is 2.22. The third-order valence-corrected chi connectivity index (χ3v) is 4.77. The average molecular weight is 361 g/mol. The molecule has 0 unspecified atom stereocenters. The number of hydrogen-bond acceptors (Lipinski definition) is 6. The normalized spacial score (nSPS) is 11.4. The van der Waals surface area contributed by atoms with Crippen molar-refractivity contribution >= 4 is 38.5 Å². The fraction of sp³-hybridized carbons (Fsp3) is 0.235. The van der Waals surface area contributed by atoms with E-state index in [2.05, 4.69) is 15.0 Å². The van der Waals surface area contributed by atoms with Crippen LogP contribution in [0.3, 0.4) is 0 Å². The number of nitrogens with zero attached hydrogens (tertiary/aromatic N) is 1. The van der Waals surface area contributed by atoms with Gasteiger partial charge in [0.15, 0.2) is 5.58 Å². The number of benzene rings is 2. The molecular formula is C17H19N3O4S. The number of nitrogens with one attached hydrogen (secondary N) is 2. The van der Waals surface area contributed by atoms with Gasteiger partial charge in [-0.1, -0.05) is 0 Å². The summed E-state index contributed by atoms with van der Waals surface area (Å²) in [6.45, 7) is 4.12. The molecule has 0 aliphatic carbocycles. The van der Waals surface area contributed by atoms with Crippen molar-refractivity contribution < 1.29 is 17.6 Å². The van der Waals surface area contributed by atoms with E-state index in [4.69, 9.17) is 9.15 Å². The van der Waals surface area contributed by atoms with Crippen LogP contribution in [0.4, 0.5) is 17.4 Å². The molecule has 0 saturated heterocycles. The fourth-order valence-corrected chi connectivity index (χ4v) is 2.85. The summed E-state index contributed by atoms with van der Waals surface area (Å²) in [5.74, 6) is 0.796. The average Bonchev–Trinajstić information content (AvgIpc) is 2.98. The van der Waals surface area contributed by atoms with Crippen molar-refractivity contribution in [3.8, 4) is 5.75 Å². The Balaban J connectivity index is 1.79. The molecule has 0 aliphatic rings. The summed E-state index contributed by atoms with van der Waals surface area (Å²) < 4.78 is 36.8. The SMILES string of the molecule is CCOc1ccc(Nc2nc3ccc(NS(=O)(=O)CC)cc3o2)cc1. The van der Waals surface area contributed by atoms with Crippen LogP contribution < -0.4 is 14.8 Å². The summed E-state index contributed by atoms with van der Waals surface area (Å²) in [6, 6.07) is 12.7. The Kier molecular flexibility index (Phi) is 4.80. The first-order valence-electron chi connectivity index (χ1n) is 7.90. The highest BCUT2D eigenvalue weighted by atomic mass is 32.2. The van der Waals surface area contributed by atoms with Crippen molar-refractivity contribution in [2.45, 2.75) is 13.8 Å². The molecule has 1 heterocycles. The van der Waals surface area contributed by atoms with Crippen molar-refractivity contribution in [1.82, 2.24) is 4.98 Å². The van der Waals surface area contributed by atoms with E-state index >= 15 is 0 Å². The lowest BCUT2D eigenvalue weighted by Gasteiger charge is -2.05. The molecule has 7 nitrogen and oxygen atoms in total. The maximum Gasteiger partial charge on any atom is 0.300 e. The monoisotopic (exact) mass is 361 g/mol. The predicted molar refractivity (Wildman–Crippen MR) is 98.0 cm³/mol. The molecule has 0 amide bonds. The molecule has 3 rings (SSSR count). The van der Waals surface area contributed by atoms with Gasteiger partial charge in [0.25, 0.3) is 6.01 Å². The molecule has 0 aliphatic heterocycles. The minimum Gasteiger partial charge on any atom is -0.494 e. The Morgan fingerprint density at radius 3 is 2.48 bits per heavy atom. The van der Waals surface area contributed by atoms with Gasteiger partial charge >= 0.3 is 0 Å². The van der Waals surface area contributed by atoms with Crippen LogP contribution in [0.1, 0.15) is 13.8 Å². The summed E-state index contributed by atoms with van der Waals surface area (Å²) in [7, 11) is -3.33. The van der Waals surface area contributed by atoms with E-state index in [1.165, 1.54) is 0 Å². The highest BCUT2D eigenvalue weighted by Crippen LogP contribution is 2.26. The zero-order chi connectivity index (χ0) is 17.9. The van der Waals surface area contributed by atoms with Gasteiger partial charge in [0.05, 0.1) is 18.0 Å². The maximum absolute atomic E-state index is 11.6. The van der Waals surface area contributed by atoms with Crippen molar-refractivity contribution in [2.24, 2.45) is 0 Å². The molecule has 1 aromatic heterocycles. The largest absolute Gasteiger partial charge is 0.494 e. The summed E-state index contributed by atoms with van der Waals surface area (Å²) in [5.41, 5.74) is 2.37. The molecule has 0 bridgehead atoms. The highest BCUT2D eigenvalue weighted by molar-refractivity contribution is 7.92. The van der Waals surface area contributed by atoms with Gasteiger partial charge in [0, 0.05) is 11.8 Å². The van der Waals surface area contributed by atoms with Crippen LogP contribution in [-0.4, -0.2) is 25.8 Å². The van der Waals surface area contributed by atoms with E-state index in [9.17, 15) is 8.42 Å². The lowest BCUT2D eigenvalue weighted by molar-refractivity contribution is 0.340. The molecular weight excluding hydrogens is 342 g/mol. The predicted octanol–water partition coefficient (Wildman–Crippen LogP) is 3.73. The molecule has 3 aromatic rings. The van der Waals surface area contributed by atoms with Crippen molar-refractivity contribution in [3.05, 3.63) is 42.5 Å². The van der Waals surface area contributed by atoms with Crippen molar-refractivity contribution in [1.29, 1.82) is 0 Å². The lowest BCUT2D eigenvalue weighted by atomic mass is 10.3. The van der Waals surface area contributed by atoms with E-state index in [0.717, 1.165) is 11.4 Å². The summed E-state index contributed by atoms with van der Waals surface area (Å²) in [6.07, 6.45) is 0. The highest BCUT2D eigenvalue weighted by Gasteiger charge is 2.10. The number of oxazole rings is 1. The molecule has 0 atom stereocenters. The standard InChI is InChI=1S/C17H19N3O4S/c1-3-23-14-8-5-12(6-9-14)18-17-19-15-10-7-13(11-16(15)24-17)20-25(21,22)4-2/h5-11,20H,3-4H2,1-2H3,(H,18,19). The quantitative estimate of drug-likeness (QED) is 0.666. The second kappa shape index (κ2) is 7.02. The van der Waals surface area contributed by atoms with Gasteiger partial charge in [-0.2, -0.15) is 4.98 Å². The van der Waals surface area contributed by atoms with Crippen LogP contribution in [0.15, 0.2) is 46.9 Å². The number of ether oxygens (including phenoxy) is 1. The van der Waals surface area contributed by atoms with E-state index in [1.807, 2.05) is 31.2 Å². The van der Waals surface area contributed by atoms with Gasteiger partial charge in [-0.15, -0.1) is 0 Å². The molecule has 0 saturated carbocycles. The summed E-state index contributed by atoms with van der Waals surface area (Å²) in [4.78, 5) is 4.34. The number of hydrogen-bond donors (Lipinski definition) is 2. The molecule has 0 fully saturated rings. The van der Waals surface area contributed by atoms with Gasteiger partial charge < -0.3 is 14.5 Å². The summed E-state index contributed by atoms with van der Waals surface area (Å²) in [5, 5.41) is 3.07.